The number of aromatic nitrogens is 1. The third-order valence-electron chi connectivity index (χ3n) is 3.21. The highest BCUT2D eigenvalue weighted by molar-refractivity contribution is 7.84. The number of hydrogen-bond acceptors (Lipinski definition) is 6. The van der Waals surface area contributed by atoms with E-state index in [1.165, 1.54) is 24.7 Å². The first-order valence-electron chi connectivity index (χ1n) is 6.66. The Hall–Kier alpha value is -2.74. The number of oxazole rings is 1. The molecule has 0 saturated carbocycles. The molecular weight excluding hydrogens is 320 g/mol. The summed E-state index contributed by atoms with van der Waals surface area (Å²) in [6.45, 7) is 1.75. The standard InChI is InChI=1S/C15H12N2O5S/c1-10-14(6-7-21-10)23(20)9-12-8-22-15(16-12)11-2-4-13(5-3-11)17(18)19/h2-8H,9H2,1H3/t23-/m0/s1. The van der Waals surface area contributed by atoms with Crippen LogP contribution < -0.4 is 0 Å². The van der Waals surface area contributed by atoms with Gasteiger partial charge >= 0.3 is 0 Å². The minimum absolute atomic E-state index is 0.00272. The zero-order valence-electron chi connectivity index (χ0n) is 12.1. The van der Waals surface area contributed by atoms with Crippen molar-refractivity contribution >= 4 is 16.5 Å². The fraction of sp³-hybridized carbons (Fsp3) is 0.133. The molecule has 0 fully saturated rings. The smallest absolute Gasteiger partial charge is 0.269 e. The summed E-state index contributed by atoms with van der Waals surface area (Å²) in [4.78, 5) is 15.1. The van der Waals surface area contributed by atoms with Crippen LogP contribution in [-0.4, -0.2) is 14.1 Å². The topological polar surface area (TPSA) is 99.4 Å². The van der Waals surface area contributed by atoms with E-state index in [1.807, 2.05) is 0 Å². The normalized spacial score (nSPS) is 12.2. The van der Waals surface area contributed by atoms with Crippen LogP contribution in [0.1, 0.15) is 11.5 Å². The molecule has 0 N–H and O–H groups in total. The predicted octanol–water partition coefficient (Wildman–Crippen LogP) is 3.46. The maximum absolute atomic E-state index is 12.3. The van der Waals surface area contributed by atoms with Crippen LogP contribution >= 0.6 is 0 Å². The largest absolute Gasteiger partial charge is 0.468 e. The monoisotopic (exact) mass is 332 g/mol. The average molecular weight is 332 g/mol. The molecule has 0 aliphatic heterocycles. The van der Waals surface area contributed by atoms with Gasteiger partial charge in [0.1, 0.15) is 12.0 Å². The van der Waals surface area contributed by atoms with Gasteiger partial charge < -0.3 is 8.83 Å². The van der Waals surface area contributed by atoms with Crippen LogP contribution in [0.3, 0.4) is 0 Å². The summed E-state index contributed by atoms with van der Waals surface area (Å²) in [7, 11) is -1.27. The van der Waals surface area contributed by atoms with Gasteiger partial charge in [0.2, 0.25) is 5.89 Å². The SMILES string of the molecule is Cc1occc1[S@@](=O)Cc1coc(-c2ccc([N+](=O)[O-])cc2)n1. The molecular formula is C15H12N2O5S. The van der Waals surface area contributed by atoms with Gasteiger partial charge in [-0.3, -0.25) is 14.3 Å². The number of non-ortho nitro benzene ring substituents is 1. The summed E-state index contributed by atoms with van der Waals surface area (Å²) in [5.74, 6) is 1.15. The van der Waals surface area contributed by atoms with Crippen molar-refractivity contribution in [3.8, 4) is 11.5 Å². The molecule has 1 aromatic carbocycles. The molecule has 0 saturated heterocycles. The second-order valence-electron chi connectivity index (χ2n) is 4.78. The van der Waals surface area contributed by atoms with Crippen LogP contribution in [0.15, 0.2) is 56.6 Å². The molecule has 0 radical (unpaired) electrons. The van der Waals surface area contributed by atoms with Gasteiger partial charge in [-0.15, -0.1) is 0 Å². The fourth-order valence-electron chi connectivity index (χ4n) is 2.05. The van der Waals surface area contributed by atoms with Gasteiger partial charge in [0, 0.05) is 17.7 Å². The summed E-state index contributed by atoms with van der Waals surface area (Å²) in [6, 6.07) is 7.55. The van der Waals surface area contributed by atoms with E-state index in [9.17, 15) is 14.3 Å². The lowest BCUT2D eigenvalue weighted by Crippen LogP contribution is -1.97. The molecule has 3 rings (SSSR count). The maximum atomic E-state index is 12.3. The van der Waals surface area contributed by atoms with Crippen molar-refractivity contribution in [1.82, 2.24) is 4.98 Å². The number of nitrogens with zero attached hydrogens (tertiary/aromatic N) is 2. The summed E-state index contributed by atoms with van der Waals surface area (Å²) in [5.41, 5.74) is 1.15. The molecule has 0 amide bonds. The number of aryl methyl sites for hydroxylation is 1. The minimum atomic E-state index is -1.27. The van der Waals surface area contributed by atoms with Crippen LogP contribution in [0.2, 0.25) is 0 Å². The minimum Gasteiger partial charge on any atom is -0.468 e. The molecule has 2 heterocycles. The Morgan fingerprint density at radius 2 is 1.96 bits per heavy atom. The summed E-state index contributed by atoms with van der Waals surface area (Å²) in [6.07, 6.45) is 2.93. The Morgan fingerprint density at radius 1 is 1.22 bits per heavy atom. The van der Waals surface area contributed by atoms with Crippen LogP contribution in [0, 0.1) is 17.0 Å². The van der Waals surface area contributed by atoms with Gasteiger partial charge in [-0.05, 0) is 25.1 Å². The molecule has 8 heteroatoms. The molecule has 118 valence electrons. The molecule has 0 aliphatic rings. The first kappa shape index (κ1) is 15.2. The van der Waals surface area contributed by atoms with E-state index in [4.69, 9.17) is 8.83 Å². The van der Waals surface area contributed by atoms with Gasteiger partial charge in [-0.25, -0.2) is 4.98 Å². The third kappa shape index (κ3) is 3.21. The molecule has 23 heavy (non-hydrogen) atoms. The van der Waals surface area contributed by atoms with Gasteiger partial charge in [0.05, 0.1) is 38.3 Å². The van der Waals surface area contributed by atoms with Crippen molar-refractivity contribution in [2.75, 3.05) is 0 Å². The van der Waals surface area contributed by atoms with E-state index >= 15 is 0 Å². The summed E-state index contributed by atoms with van der Waals surface area (Å²) in [5, 5.41) is 10.6. The van der Waals surface area contributed by atoms with Crippen LogP contribution in [-0.2, 0) is 16.6 Å². The first-order valence-corrected chi connectivity index (χ1v) is 7.98. The molecule has 1 atom stereocenters. The molecule has 7 nitrogen and oxygen atoms in total. The fourth-order valence-corrected chi connectivity index (χ4v) is 3.19. The molecule has 0 aliphatic carbocycles. The van der Waals surface area contributed by atoms with Gasteiger partial charge in [-0.1, -0.05) is 0 Å². The second kappa shape index (κ2) is 6.17. The number of nitro groups is 1. The molecule has 0 bridgehead atoms. The van der Waals surface area contributed by atoms with E-state index in [1.54, 1.807) is 25.1 Å². The molecule has 0 unspecified atom stereocenters. The number of hydrogen-bond donors (Lipinski definition) is 0. The van der Waals surface area contributed by atoms with E-state index in [0.29, 0.717) is 27.8 Å². The predicted molar refractivity (Wildman–Crippen MR) is 82.2 cm³/mol. The lowest BCUT2D eigenvalue weighted by molar-refractivity contribution is -0.384. The Morgan fingerprint density at radius 3 is 2.57 bits per heavy atom. The highest BCUT2D eigenvalue weighted by Crippen LogP contribution is 2.23. The quantitative estimate of drug-likeness (QED) is 0.524. The summed E-state index contributed by atoms with van der Waals surface area (Å²) >= 11 is 0. The highest BCUT2D eigenvalue weighted by Gasteiger charge is 2.14. The van der Waals surface area contributed by atoms with E-state index in [0.717, 1.165) is 0 Å². The van der Waals surface area contributed by atoms with Crippen LogP contribution in [0.25, 0.3) is 11.5 Å². The summed E-state index contributed by atoms with van der Waals surface area (Å²) < 4.78 is 22.8. The first-order chi connectivity index (χ1) is 11.0. The number of benzene rings is 1. The number of furan rings is 1. The Labute approximate surface area is 133 Å². The lowest BCUT2D eigenvalue weighted by atomic mass is 10.2. The van der Waals surface area contributed by atoms with Crippen molar-refractivity contribution in [2.24, 2.45) is 0 Å². The van der Waals surface area contributed by atoms with E-state index < -0.39 is 15.7 Å². The Balaban J connectivity index is 1.76. The van der Waals surface area contributed by atoms with Gasteiger partial charge in [0.15, 0.2) is 0 Å². The zero-order chi connectivity index (χ0) is 16.4. The third-order valence-corrected chi connectivity index (χ3v) is 4.68. The maximum Gasteiger partial charge on any atom is 0.269 e. The van der Waals surface area contributed by atoms with Crippen molar-refractivity contribution in [2.45, 2.75) is 17.6 Å². The average Bonchev–Trinajstić information content (AvgIpc) is 3.16. The van der Waals surface area contributed by atoms with E-state index in [2.05, 4.69) is 4.98 Å². The van der Waals surface area contributed by atoms with Crippen LogP contribution in [0.4, 0.5) is 5.69 Å². The van der Waals surface area contributed by atoms with Gasteiger partial charge in [-0.2, -0.15) is 0 Å². The molecule has 3 aromatic rings. The van der Waals surface area contributed by atoms with Crippen LogP contribution in [0.5, 0.6) is 0 Å². The van der Waals surface area contributed by atoms with Crippen molar-refractivity contribution in [3.63, 3.8) is 0 Å². The zero-order valence-corrected chi connectivity index (χ0v) is 12.9. The van der Waals surface area contributed by atoms with Crippen molar-refractivity contribution in [1.29, 1.82) is 0 Å². The van der Waals surface area contributed by atoms with Gasteiger partial charge in [0.25, 0.3) is 5.69 Å². The Bertz CT molecular complexity index is 866. The number of nitro benzene ring substituents is 1. The van der Waals surface area contributed by atoms with Crippen molar-refractivity contribution < 1.29 is 18.0 Å². The van der Waals surface area contributed by atoms with E-state index in [-0.39, 0.29) is 11.4 Å². The number of rotatable bonds is 5. The lowest BCUT2D eigenvalue weighted by Gasteiger charge is -1.97. The highest BCUT2D eigenvalue weighted by atomic mass is 32.2. The Kier molecular flexibility index (Phi) is 4.07. The van der Waals surface area contributed by atoms with Crippen molar-refractivity contribution in [3.05, 3.63) is 64.4 Å². The molecule has 2 aromatic heterocycles. The molecule has 0 spiro atoms. The second-order valence-corrected chi connectivity index (χ2v) is 6.20.